The molecule has 118 valence electrons. The molecular weight excluding hydrogens is 400 g/mol. The molecule has 0 bridgehead atoms. The van der Waals surface area contributed by atoms with E-state index in [1.165, 1.54) is 0 Å². The fourth-order valence-corrected chi connectivity index (χ4v) is 4.73. The molecule has 1 aromatic carbocycles. The predicted octanol–water partition coefficient (Wildman–Crippen LogP) is 4.64. The van der Waals surface area contributed by atoms with Gasteiger partial charge in [0.1, 0.15) is 16.4 Å². The first-order valence-electron chi connectivity index (χ1n) is 6.97. The van der Waals surface area contributed by atoms with Crippen molar-refractivity contribution >= 4 is 44.8 Å². The summed E-state index contributed by atoms with van der Waals surface area (Å²) in [6.45, 7) is 0.565. The molecule has 2 aliphatic rings. The number of aliphatic imine (C=N–C) groups is 1. The van der Waals surface area contributed by atoms with E-state index in [1.54, 1.807) is 25.1 Å². The summed E-state index contributed by atoms with van der Waals surface area (Å²) in [4.78, 5) is 9.01. The molecule has 2 aliphatic heterocycles. The number of halogens is 2. The lowest BCUT2D eigenvalue weighted by molar-refractivity contribution is 0.181. The van der Waals surface area contributed by atoms with E-state index in [0.29, 0.717) is 17.5 Å². The van der Waals surface area contributed by atoms with Crippen molar-refractivity contribution < 1.29 is 9.47 Å². The number of methoxy groups -OCH3 is 1. The number of thioether (sulfide) groups is 1. The average Bonchev–Trinajstić information content (AvgIpc) is 2.94. The van der Waals surface area contributed by atoms with Gasteiger partial charge in [-0.15, -0.1) is 11.8 Å². The Morgan fingerprint density at radius 2 is 2.17 bits per heavy atom. The first kappa shape index (κ1) is 15.4. The SMILES string of the molecule is COCC1SC=NC12c1cc(Br)ccc1Oc1cnc(Cl)cc12. The van der Waals surface area contributed by atoms with Crippen LogP contribution in [0.1, 0.15) is 11.1 Å². The van der Waals surface area contributed by atoms with Crippen molar-refractivity contribution in [2.24, 2.45) is 4.99 Å². The van der Waals surface area contributed by atoms with Gasteiger partial charge in [0, 0.05) is 22.7 Å². The number of hydrogen-bond acceptors (Lipinski definition) is 5. The minimum atomic E-state index is -0.583. The molecule has 1 spiro atoms. The van der Waals surface area contributed by atoms with E-state index < -0.39 is 5.54 Å². The van der Waals surface area contributed by atoms with Gasteiger partial charge in [-0.3, -0.25) is 4.99 Å². The zero-order valence-corrected chi connectivity index (χ0v) is 15.3. The smallest absolute Gasteiger partial charge is 0.151 e. The Balaban J connectivity index is 2.02. The summed E-state index contributed by atoms with van der Waals surface area (Å²) in [6.07, 6.45) is 1.66. The number of aromatic nitrogens is 1. The molecule has 0 N–H and O–H groups in total. The third kappa shape index (κ3) is 2.31. The normalized spacial score (nSPS) is 24.4. The second-order valence-electron chi connectivity index (χ2n) is 5.33. The maximum absolute atomic E-state index is 6.16. The van der Waals surface area contributed by atoms with Crippen LogP contribution >= 0.6 is 39.3 Å². The van der Waals surface area contributed by atoms with Gasteiger partial charge in [0.2, 0.25) is 0 Å². The number of benzene rings is 1. The van der Waals surface area contributed by atoms with Gasteiger partial charge in [-0.2, -0.15) is 0 Å². The highest BCUT2D eigenvalue weighted by Gasteiger charge is 2.51. The molecule has 0 aliphatic carbocycles. The lowest BCUT2D eigenvalue weighted by Gasteiger charge is -2.38. The lowest BCUT2D eigenvalue weighted by atomic mass is 9.78. The van der Waals surface area contributed by atoms with Crippen LogP contribution in [0.4, 0.5) is 0 Å². The Morgan fingerprint density at radius 1 is 1.35 bits per heavy atom. The summed E-state index contributed by atoms with van der Waals surface area (Å²) < 4.78 is 12.5. The molecule has 0 amide bonds. The van der Waals surface area contributed by atoms with Gasteiger partial charge in [-0.1, -0.05) is 27.5 Å². The van der Waals surface area contributed by atoms with Crippen LogP contribution in [0.15, 0.2) is 39.9 Å². The van der Waals surface area contributed by atoms with E-state index in [1.807, 2.05) is 23.7 Å². The van der Waals surface area contributed by atoms with Gasteiger partial charge in [-0.25, -0.2) is 4.98 Å². The second-order valence-corrected chi connectivity index (χ2v) is 7.68. The Hall–Kier alpha value is -1.08. The molecule has 0 saturated heterocycles. The highest BCUT2D eigenvalue weighted by atomic mass is 79.9. The van der Waals surface area contributed by atoms with Crippen LogP contribution in [0, 0.1) is 0 Å². The molecule has 2 aromatic rings. The zero-order chi connectivity index (χ0) is 16.0. The largest absolute Gasteiger partial charge is 0.455 e. The standard InChI is InChI=1S/C16H12BrClN2O2S/c1-21-7-14-16(20-8-23-14)10-4-9(17)2-3-12(10)22-13-6-19-15(18)5-11(13)16/h2-6,8,14H,7H2,1H3. The maximum atomic E-state index is 6.16. The molecule has 1 aromatic heterocycles. The number of ether oxygens (including phenoxy) is 2. The van der Waals surface area contributed by atoms with E-state index in [-0.39, 0.29) is 5.25 Å². The highest BCUT2D eigenvalue weighted by Crippen LogP contribution is 2.56. The summed E-state index contributed by atoms with van der Waals surface area (Å²) in [5.74, 6) is 1.47. The van der Waals surface area contributed by atoms with Crippen molar-refractivity contribution in [3.63, 3.8) is 0 Å². The van der Waals surface area contributed by atoms with E-state index in [2.05, 4.69) is 27.0 Å². The number of rotatable bonds is 2. The Morgan fingerprint density at radius 3 is 3.00 bits per heavy atom. The molecule has 23 heavy (non-hydrogen) atoms. The molecule has 3 heterocycles. The first-order valence-corrected chi connectivity index (χ1v) is 9.08. The fraction of sp³-hybridized carbons (Fsp3) is 0.250. The Kier molecular flexibility index (Phi) is 3.88. The van der Waals surface area contributed by atoms with Crippen molar-refractivity contribution in [2.45, 2.75) is 10.8 Å². The van der Waals surface area contributed by atoms with Crippen LogP contribution < -0.4 is 4.74 Å². The number of hydrogen-bond donors (Lipinski definition) is 0. The van der Waals surface area contributed by atoms with Crippen molar-refractivity contribution in [1.29, 1.82) is 0 Å². The maximum Gasteiger partial charge on any atom is 0.151 e. The molecule has 4 rings (SSSR count). The van der Waals surface area contributed by atoms with E-state index in [0.717, 1.165) is 21.3 Å². The van der Waals surface area contributed by atoms with Gasteiger partial charge in [-0.05, 0) is 24.3 Å². The molecule has 0 radical (unpaired) electrons. The highest BCUT2D eigenvalue weighted by molar-refractivity contribution is 9.10. The Labute approximate surface area is 151 Å². The second kappa shape index (κ2) is 5.77. The van der Waals surface area contributed by atoms with Crippen molar-refractivity contribution in [2.75, 3.05) is 13.7 Å². The van der Waals surface area contributed by atoms with Crippen LogP contribution in [-0.4, -0.2) is 29.5 Å². The first-order chi connectivity index (χ1) is 11.1. The predicted molar refractivity (Wildman–Crippen MR) is 96.0 cm³/mol. The van der Waals surface area contributed by atoms with Crippen LogP contribution in [-0.2, 0) is 10.3 Å². The molecule has 7 heteroatoms. The summed E-state index contributed by atoms with van der Waals surface area (Å²) in [5.41, 5.74) is 3.23. The Bertz CT molecular complexity index is 763. The zero-order valence-electron chi connectivity index (χ0n) is 12.1. The monoisotopic (exact) mass is 410 g/mol. The van der Waals surface area contributed by atoms with Gasteiger partial charge in [0.05, 0.1) is 23.6 Å². The average molecular weight is 412 g/mol. The van der Waals surface area contributed by atoms with Crippen molar-refractivity contribution in [3.05, 3.63) is 51.2 Å². The van der Waals surface area contributed by atoms with Crippen molar-refractivity contribution in [1.82, 2.24) is 4.98 Å². The quantitative estimate of drug-likeness (QED) is 0.675. The third-order valence-electron chi connectivity index (χ3n) is 4.08. The lowest BCUT2D eigenvalue weighted by Crippen LogP contribution is -2.39. The van der Waals surface area contributed by atoms with Crippen molar-refractivity contribution in [3.8, 4) is 11.5 Å². The van der Waals surface area contributed by atoms with Gasteiger partial charge in [0.25, 0.3) is 0 Å². The summed E-state index contributed by atoms with van der Waals surface area (Å²) in [6, 6.07) is 7.80. The molecule has 0 fully saturated rings. The van der Waals surface area contributed by atoms with E-state index >= 15 is 0 Å². The molecule has 2 atom stereocenters. The van der Waals surface area contributed by atoms with Crippen LogP contribution in [0.25, 0.3) is 0 Å². The topological polar surface area (TPSA) is 43.7 Å². The summed E-state index contributed by atoms with van der Waals surface area (Å²) in [7, 11) is 1.70. The number of fused-ring (bicyclic) bond motifs is 4. The summed E-state index contributed by atoms with van der Waals surface area (Å²) in [5, 5.41) is 0.523. The minimum Gasteiger partial charge on any atom is -0.455 e. The number of nitrogens with zero attached hydrogens (tertiary/aromatic N) is 2. The van der Waals surface area contributed by atoms with Gasteiger partial charge >= 0.3 is 0 Å². The minimum absolute atomic E-state index is 0.0988. The fourth-order valence-electron chi connectivity index (χ4n) is 3.11. The molecule has 0 saturated carbocycles. The third-order valence-corrected chi connectivity index (χ3v) is 5.82. The van der Waals surface area contributed by atoms with E-state index in [4.69, 9.17) is 26.1 Å². The number of pyridine rings is 1. The molecule has 2 unspecified atom stereocenters. The van der Waals surface area contributed by atoms with Gasteiger partial charge in [0.15, 0.2) is 5.75 Å². The van der Waals surface area contributed by atoms with Crippen LogP contribution in [0.3, 0.4) is 0 Å². The van der Waals surface area contributed by atoms with Gasteiger partial charge < -0.3 is 9.47 Å². The van der Waals surface area contributed by atoms with E-state index in [9.17, 15) is 0 Å². The summed E-state index contributed by atoms with van der Waals surface area (Å²) >= 11 is 11.4. The van der Waals surface area contributed by atoms with Crippen LogP contribution in [0.5, 0.6) is 11.5 Å². The van der Waals surface area contributed by atoms with Crippen LogP contribution in [0.2, 0.25) is 5.15 Å². The molecule has 4 nitrogen and oxygen atoms in total. The molecular formula is C16H12BrClN2O2S.